The summed E-state index contributed by atoms with van der Waals surface area (Å²) in [6.07, 6.45) is 7.57. The van der Waals surface area contributed by atoms with Crippen LogP contribution < -0.4 is 5.32 Å². The number of carbonyl (C=O) groups excluding carboxylic acids is 1. The van der Waals surface area contributed by atoms with Crippen LogP contribution >= 0.6 is 0 Å². The van der Waals surface area contributed by atoms with E-state index in [4.69, 9.17) is 0 Å². The van der Waals surface area contributed by atoms with Gasteiger partial charge in [-0.05, 0) is 37.0 Å². The normalized spacial score (nSPS) is 16.0. The van der Waals surface area contributed by atoms with E-state index in [2.05, 4.69) is 10.4 Å². The van der Waals surface area contributed by atoms with E-state index in [1.807, 2.05) is 35.0 Å². The predicted octanol–water partition coefficient (Wildman–Crippen LogP) is 2.53. The van der Waals surface area contributed by atoms with Crippen LogP contribution in [-0.4, -0.2) is 15.5 Å². The van der Waals surface area contributed by atoms with Crippen LogP contribution in [0.2, 0.25) is 0 Å². The molecule has 0 aromatic carbocycles. The van der Waals surface area contributed by atoms with Gasteiger partial charge in [-0.3, -0.25) is 4.79 Å². The smallest absolute Gasteiger partial charge is 0.220 e. The lowest BCUT2D eigenvalue weighted by atomic mass is 10.0. The Balaban J connectivity index is 1.54. The third-order valence-electron chi connectivity index (χ3n) is 3.84. The van der Waals surface area contributed by atoms with Crippen molar-refractivity contribution in [1.29, 1.82) is 0 Å². The molecule has 1 amide bonds. The lowest BCUT2D eigenvalue weighted by Gasteiger charge is -2.08. The Hall–Kier alpha value is -1.84. The summed E-state index contributed by atoms with van der Waals surface area (Å²) in [7, 11) is 0. The molecule has 2 heterocycles. The zero-order chi connectivity index (χ0) is 13.1. The zero-order valence-corrected chi connectivity index (χ0v) is 11.0. The third kappa shape index (κ3) is 2.95. The van der Waals surface area contributed by atoms with Crippen LogP contribution in [0.4, 0.5) is 0 Å². The molecule has 0 unspecified atom stereocenters. The molecule has 1 N–H and O–H groups in total. The highest BCUT2D eigenvalue weighted by atomic mass is 16.1. The number of hydrogen-bond acceptors (Lipinski definition) is 2. The Labute approximate surface area is 112 Å². The molecule has 0 aliphatic heterocycles. The van der Waals surface area contributed by atoms with Gasteiger partial charge in [0, 0.05) is 12.6 Å². The molecule has 1 fully saturated rings. The summed E-state index contributed by atoms with van der Waals surface area (Å²) in [5.74, 6) is 0.755. The fraction of sp³-hybridized carbons (Fsp3) is 0.467. The lowest BCUT2D eigenvalue weighted by Crippen LogP contribution is -2.24. The number of carbonyl (C=O) groups is 1. The number of hydrogen-bond donors (Lipinski definition) is 1. The second-order valence-corrected chi connectivity index (χ2v) is 5.34. The second kappa shape index (κ2) is 5.43. The van der Waals surface area contributed by atoms with Crippen molar-refractivity contribution in [2.75, 3.05) is 0 Å². The van der Waals surface area contributed by atoms with E-state index in [-0.39, 0.29) is 5.91 Å². The van der Waals surface area contributed by atoms with Crippen molar-refractivity contribution in [1.82, 2.24) is 14.9 Å². The summed E-state index contributed by atoms with van der Waals surface area (Å²) in [5, 5.41) is 7.39. The summed E-state index contributed by atoms with van der Waals surface area (Å²) >= 11 is 0. The van der Waals surface area contributed by atoms with Gasteiger partial charge in [0.05, 0.1) is 17.8 Å². The van der Waals surface area contributed by atoms with Crippen LogP contribution in [0.3, 0.4) is 0 Å². The highest BCUT2D eigenvalue weighted by Gasteiger charge is 2.18. The fourth-order valence-corrected chi connectivity index (χ4v) is 2.82. The lowest BCUT2D eigenvalue weighted by molar-refractivity contribution is -0.122. The van der Waals surface area contributed by atoms with E-state index in [1.165, 1.54) is 25.7 Å². The number of amides is 1. The zero-order valence-electron chi connectivity index (χ0n) is 11.0. The monoisotopic (exact) mass is 257 g/mol. The Kier molecular flexibility index (Phi) is 3.49. The van der Waals surface area contributed by atoms with Crippen molar-refractivity contribution < 1.29 is 4.79 Å². The van der Waals surface area contributed by atoms with Crippen LogP contribution in [0.25, 0.3) is 5.52 Å². The molecule has 100 valence electrons. The van der Waals surface area contributed by atoms with E-state index in [1.54, 1.807) is 0 Å². The molecule has 4 heteroatoms. The minimum absolute atomic E-state index is 0.156. The van der Waals surface area contributed by atoms with Crippen molar-refractivity contribution in [3.63, 3.8) is 0 Å². The molecule has 3 rings (SSSR count). The Morgan fingerprint density at radius 3 is 3.00 bits per heavy atom. The van der Waals surface area contributed by atoms with Gasteiger partial charge in [0.25, 0.3) is 0 Å². The Morgan fingerprint density at radius 2 is 2.21 bits per heavy atom. The molecule has 1 aliphatic carbocycles. The predicted molar refractivity (Wildman–Crippen MR) is 73.6 cm³/mol. The molecule has 0 atom stereocenters. The molecule has 0 bridgehead atoms. The number of rotatable bonds is 4. The van der Waals surface area contributed by atoms with Crippen molar-refractivity contribution >= 4 is 11.4 Å². The number of pyridine rings is 1. The highest BCUT2D eigenvalue weighted by molar-refractivity contribution is 5.76. The Morgan fingerprint density at radius 1 is 1.37 bits per heavy atom. The molecule has 2 aromatic heterocycles. The van der Waals surface area contributed by atoms with Gasteiger partial charge < -0.3 is 5.32 Å². The van der Waals surface area contributed by atoms with Gasteiger partial charge in [0.2, 0.25) is 5.91 Å². The van der Waals surface area contributed by atoms with E-state index >= 15 is 0 Å². The largest absolute Gasteiger partial charge is 0.350 e. The van der Waals surface area contributed by atoms with Crippen molar-refractivity contribution in [3.8, 4) is 0 Å². The Bertz CT molecular complexity index is 537. The molecule has 2 aromatic rings. The fourth-order valence-electron chi connectivity index (χ4n) is 2.82. The van der Waals surface area contributed by atoms with E-state index < -0.39 is 0 Å². The minimum Gasteiger partial charge on any atom is -0.350 e. The molecule has 1 saturated carbocycles. The molecular formula is C15H19N3O. The molecule has 1 aliphatic rings. The number of nitrogens with zero attached hydrogens (tertiary/aromatic N) is 2. The average molecular weight is 257 g/mol. The average Bonchev–Trinajstić information content (AvgIpc) is 3.04. The summed E-state index contributed by atoms with van der Waals surface area (Å²) in [4.78, 5) is 11.8. The topological polar surface area (TPSA) is 46.4 Å². The van der Waals surface area contributed by atoms with Crippen LogP contribution in [0.5, 0.6) is 0 Å². The van der Waals surface area contributed by atoms with Gasteiger partial charge in [0.15, 0.2) is 0 Å². The van der Waals surface area contributed by atoms with Crippen molar-refractivity contribution in [2.24, 2.45) is 5.92 Å². The first-order valence-corrected chi connectivity index (χ1v) is 7.01. The molecule has 19 heavy (non-hydrogen) atoms. The van der Waals surface area contributed by atoms with Crippen LogP contribution in [0.15, 0.2) is 30.5 Å². The number of nitrogens with one attached hydrogen (secondary N) is 1. The van der Waals surface area contributed by atoms with Gasteiger partial charge in [-0.1, -0.05) is 18.9 Å². The van der Waals surface area contributed by atoms with Gasteiger partial charge in [-0.25, -0.2) is 4.52 Å². The van der Waals surface area contributed by atoms with Gasteiger partial charge >= 0.3 is 0 Å². The molecule has 0 spiro atoms. The SMILES string of the molecule is O=C(CC1CCCC1)NCc1cc2ccccn2n1. The van der Waals surface area contributed by atoms with Gasteiger partial charge in [0.1, 0.15) is 0 Å². The molecule has 0 radical (unpaired) electrons. The summed E-state index contributed by atoms with van der Waals surface area (Å²) < 4.78 is 1.83. The summed E-state index contributed by atoms with van der Waals surface area (Å²) in [6, 6.07) is 7.95. The highest BCUT2D eigenvalue weighted by Crippen LogP contribution is 2.27. The van der Waals surface area contributed by atoms with Gasteiger partial charge in [-0.2, -0.15) is 5.10 Å². The van der Waals surface area contributed by atoms with E-state index in [9.17, 15) is 4.79 Å². The van der Waals surface area contributed by atoms with E-state index in [0.29, 0.717) is 18.9 Å². The van der Waals surface area contributed by atoms with Gasteiger partial charge in [-0.15, -0.1) is 0 Å². The number of aromatic nitrogens is 2. The van der Waals surface area contributed by atoms with Crippen molar-refractivity contribution in [3.05, 3.63) is 36.2 Å². The molecular weight excluding hydrogens is 238 g/mol. The summed E-state index contributed by atoms with van der Waals surface area (Å²) in [5.41, 5.74) is 1.97. The van der Waals surface area contributed by atoms with E-state index in [0.717, 1.165) is 11.2 Å². The van der Waals surface area contributed by atoms with Crippen LogP contribution in [-0.2, 0) is 11.3 Å². The first-order chi connectivity index (χ1) is 9.31. The first-order valence-electron chi connectivity index (χ1n) is 7.01. The van der Waals surface area contributed by atoms with Crippen LogP contribution in [0.1, 0.15) is 37.8 Å². The third-order valence-corrected chi connectivity index (χ3v) is 3.84. The maximum absolute atomic E-state index is 11.8. The molecule has 4 nitrogen and oxygen atoms in total. The summed E-state index contributed by atoms with van der Waals surface area (Å²) in [6.45, 7) is 0.521. The second-order valence-electron chi connectivity index (χ2n) is 5.34. The van der Waals surface area contributed by atoms with Crippen molar-refractivity contribution in [2.45, 2.75) is 38.6 Å². The van der Waals surface area contributed by atoms with Crippen LogP contribution in [0, 0.1) is 5.92 Å². The maximum Gasteiger partial charge on any atom is 0.220 e. The minimum atomic E-state index is 0.156. The standard InChI is InChI=1S/C15H19N3O/c19-15(9-12-5-1-2-6-12)16-11-13-10-14-7-3-4-8-18(14)17-13/h3-4,7-8,10,12H,1-2,5-6,9,11H2,(H,16,19). The molecule has 0 saturated heterocycles. The quantitative estimate of drug-likeness (QED) is 0.915. The number of fused-ring (bicyclic) bond motifs is 1. The maximum atomic E-state index is 11.8. The first kappa shape index (κ1) is 12.2.